The van der Waals surface area contributed by atoms with Crippen LogP contribution in [0.5, 0.6) is 0 Å². The minimum Gasteiger partial charge on any atom is -0.309 e. The normalized spacial score (nSPS) is 20.6. The van der Waals surface area contributed by atoms with Gasteiger partial charge in [-0.3, -0.25) is 0 Å². The third-order valence-corrected chi connectivity index (χ3v) is 11.8. The Balaban J connectivity index is 1.42. The Kier molecular flexibility index (Phi) is 5.55. The van der Waals surface area contributed by atoms with Crippen molar-refractivity contribution in [1.82, 2.24) is 0 Å². The van der Waals surface area contributed by atoms with Gasteiger partial charge in [-0.25, -0.2) is 0 Å². The van der Waals surface area contributed by atoms with Gasteiger partial charge in [0, 0.05) is 22.2 Å². The first kappa shape index (κ1) is 27.7. The molecule has 3 heterocycles. The molecule has 0 radical (unpaired) electrons. The van der Waals surface area contributed by atoms with E-state index in [0.29, 0.717) is 5.92 Å². The molecule has 226 valence electrons. The van der Waals surface area contributed by atoms with Gasteiger partial charge in [-0.2, -0.15) is 0 Å². The fourth-order valence-electron chi connectivity index (χ4n) is 9.08. The molecule has 46 heavy (non-hydrogen) atoms. The first-order valence-electron chi connectivity index (χ1n) is 16.9. The highest BCUT2D eigenvalue weighted by atomic mass is 15.2. The van der Waals surface area contributed by atoms with E-state index in [1.54, 1.807) is 5.57 Å². The fraction of sp³-hybridized carbons (Fsp3) is 0.244. The van der Waals surface area contributed by atoms with Gasteiger partial charge in [0.15, 0.2) is 0 Å². The molecule has 1 unspecified atom stereocenters. The van der Waals surface area contributed by atoms with Crippen molar-refractivity contribution in [3.05, 3.63) is 166 Å². The molecular weight excluding hydrogens is 555 g/mol. The average molecular weight is 596 g/mol. The minimum absolute atomic E-state index is 0.127. The van der Waals surface area contributed by atoms with E-state index >= 15 is 0 Å². The molecule has 1 nitrogen and oxygen atoms in total. The van der Waals surface area contributed by atoms with Gasteiger partial charge < -0.3 is 4.90 Å². The van der Waals surface area contributed by atoms with E-state index in [4.69, 9.17) is 0 Å². The lowest BCUT2D eigenvalue weighted by atomic mass is 9.57. The van der Waals surface area contributed by atoms with Gasteiger partial charge in [-0.05, 0) is 91.9 Å². The maximum Gasteiger partial charge on any atom is 0.0544 e. The quantitative estimate of drug-likeness (QED) is 0.201. The Hall–Kier alpha value is -4.62. The van der Waals surface area contributed by atoms with Crippen molar-refractivity contribution >= 4 is 11.4 Å². The van der Waals surface area contributed by atoms with Gasteiger partial charge in [-0.1, -0.05) is 139 Å². The predicted molar refractivity (Wildman–Crippen MR) is 193 cm³/mol. The lowest BCUT2D eigenvalue weighted by Crippen LogP contribution is -2.48. The molecule has 3 aliphatic heterocycles. The highest BCUT2D eigenvalue weighted by Gasteiger charge is 2.54. The van der Waals surface area contributed by atoms with Crippen molar-refractivity contribution < 1.29 is 0 Å². The maximum atomic E-state index is 2.73. The molecule has 0 N–H and O–H groups in total. The first-order valence-corrected chi connectivity index (χ1v) is 16.9. The zero-order valence-corrected chi connectivity index (χ0v) is 27.8. The molecule has 1 atom stereocenters. The van der Waals surface area contributed by atoms with E-state index in [2.05, 4.69) is 168 Å². The summed E-state index contributed by atoms with van der Waals surface area (Å²) < 4.78 is 0. The monoisotopic (exact) mass is 595 g/mol. The van der Waals surface area contributed by atoms with Gasteiger partial charge in [0.25, 0.3) is 0 Å². The van der Waals surface area contributed by atoms with E-state index in [9.17, 15) is 0 Å². The van der Waals surface area contributed by atoms with Gasteiger partial charge in [0.1, 0.15) is 0 Å². The Morgan fingerprint density at radius 3 is 1.43 bits per heavy atom. The van der Waals surface area contributed by atoms with E-state index < -0.39 is 0 Å². The molecular formula is C45H41N. The maximum absolute atomic E-state index is 2.73. The second-order valence-corrected chi connectivity index (χ2v) is 15.4. The van der Waals surface area contributed by atoms with Crippen molar-refractivity contribution in [2.75, 3.05) is 4.90 Å². The standard InChI is InChI=1S/C45H41N/c1-43(2)34-22-31(28-16-10-7-11-17-28)24-36-40(34)46-41-35(43)23-32(29-18-12-8-13-19-29)25-37(41)45(5,6)39-27-33(30-20-14-9-15-21-30)26-38(42(39)46)44(36,3)4/h7-26,33H,27H2,1-6H3. The van der Waals surface area contributed by atoms with Crippen LogP contribution in [0.4, 0.5) is 11.4 Å². The van der Waals surface area contributed by atoms with Gasteiger partial charge in [0.05, 0.1) is 17.1 Å². The third kappa shape index (κ3) is 3.58. The van der Waals surface area contributed by atoms with Crippen molar-refractivity contribution in [3.63, 3.8) is 0 Å². The van der Waals surface area contributed by atoms with Crippen molar-refractivity contribution in [2.24, 2.45) is 0 Å². The van der Waals surface area contributed by atoms with Crippen molar-refractivity contribution in [3.8, 4) is 22.3 Å². The van der Waals surface area contributed by atoms with Crippen LogP contribution in [0.15, 0.2) is 138 Å². The molecule has 1 aliphatic carbocycles. The average Bonchev–Trinajstić information content (AvgIpc) is 3.08. The molecule has 0 fully saturated rings. The highest BCUT2D eigenvalue weighted by Crippen LogP contribution is 2.67. The molecule has 0 amide bonds. The largest absolute Gasteiger partial charge is 0.309 e. The Bertz CT molecular complexity index is 2120. The van der Waals surface area contributed by atoms with Crippen LogP contribution in [-0.4, -0.2) is 0 Å². The summed E-state index contributed by atoms with van der Waals surface area (Å²) in [6.07, 6.45) is 3.66. The summed E-state index contributed by atoms with van der Waals surface area (Å²) in [6, 6.07) is 43.2. The molecule has 5 aromatic carbocycles. The van der Waals surface area contributed by atoms with Crippen LogP contribution in [0.2, 0.25) is 0 Å². The van der Waals surface area contributed by atoms with Gasteiger partial charge in [0.2, 0.25) is 0 Å². The number of allylic oxidation sites excluding steroid dienone is 3. The third-order valence-electron chi connectivity index (χ3n) is 11.8. The fourth-order valence-corrected chi connectivity index (χ4v) is 9.08. The molecule has 0 saturated carbocycles. The summed E-state index contributed by atoms with van der Waals surface area (Å²) in [5.74, 6) is 0.339. The SMILES string of the molecule is CC1(C)C2=CC(c3ccccc3)CC3=C2N2c4c1cc(-c1ccccc1)cc4C(C)(C)c1cc(-c4ccccc4)cc(c12)C3(C)C. The lowest BCUT2D eigenvalue weighted by molar-refractivity contribution is 0.505. The predicted octanol–water partition coefficient (Wildman–Crippen LogP) is 11.7. The van der Waals surface area contributed by atoms with Crippen molar-refractivity contribution in [1.29, 1.82) is 0 Å². The summed E-state index contributed by atoms with van der Waals surface area (Å²) >= 11 is 0. The van der Waals surface area contributed by atoms with Crippen LogP contribution >= 0.6 is 0 Å². The van der Waals surface area contributed by atoms with Crippen molar-refractivity contribution in [2.45, 2.75) is 70.1 Å². The highest BCUT2D eigenvalue weighted by molar-refractivity contribution is 5.96. The summed E-state index contributed by atoms with van der Waals surface area (Å²) in [4.78, 5) is 2.73. The Morgan fingerprint density at radius 1 is 0.500 bits per heavy atom. The molecule has 0 aromatic heterocycles. The molecule has 0 bridgehead atoms. The second kappa shape index (κ2) is 9.23. The number of hydrogen-bond acceptors (Lipinski definition) is 1. The summed E-state index contributed by atoms with van der Waals surface area (Å²) in [5, 5.41) is 0. The summed E-state index contributed by atoms with van der Waals surface area (Å²) in [5.41, 5.74) is 19.2. The summed E-state index contributed by atoms with van der Waals surface area (Å²) in [6.45, 7) is 14.8. The number of hydrogen-bond donors (Lipinski definition) is 0. The van der Waals surface area contributed by atoms with Crippen LogP contribution in [-0.2, 0) is 16.2 Å². The Morgan fingerprint density at radius 2 is 0.935 bits per heavy atom. The molecule has 0 saturated heterocycles. The van der Waals surface area contributed by atoms with Crippen LogP contribution in [0, 0.1) is 0 Å². The number of rotatable bonds is 3. The van der Waals surface area contributed by atoms with E-state index in [1.165, 1.54) is 72.7 Å². The second-order valence-electron chi connectivity index (χ2n) is 15.4. The van der Waals surface area contributed by atoms with E-state index in [0.717, 1.165) is 6.42 Å². The minimum atomic E-state index is -0.188. The zero-order valence-electron chi connectivity index (χ0n) is 27.8. The number of benzene rings is 5. The van der Waals surface area contributed by atoms with E-state index in [1.807, 2.05) is 0 Å². The molecule has 0 spiro atoms. The van der Waals surface area contributed by atoms with Gasteiger partial charge >= 0.3 is 0 Å². The van der Waals surface area contributed by atoms with E-state index in [-0.39, 0.29) is 16.2 Å². The first-order chi connectivity index (χ1) is 22.1. The molecule has 1 heteroatoms. The Labute approximate surface area is 273 Å². The zero-order chi connectivity index (χ0) is 31.6. The van der Waals surface area contributed by atoms with Crippen LogP contribution in [0.25, 0.3) is 22.3 Å². The van der Waals surface area contributed by atoms with Crippen LogP contribution in [0.1, 0.15) is 81.7 Å². The number of anilines is 2. The molecule has 5 aromatic rings. The van der Waals surface area contributed by atoms with Crippen LogP contribution < -0.4 is 4.90 Å². The topological polar surface area (TPSA) is 3.24 Å². The molecule has 4 aliphatic rings. The van der Waals surface area contributed by atoms with Gasteiger partial charge in [-0.15, -0.1) is 0 Å². The lowest BCUT2D eigenvalue weighted by Gasteiger charge is -2.58. The molecule has 9 rings (SSSR count). The van der Waals surface area contributed by atoms with Crippen LogP contribution in [0.3, 0.4) is 0 Å². The smallest absolute Gasteiger partial charge is 0.0544 e. The summed E-state index contributed by atoms with van der Waals surface area (Å²) in [7, 11) is 0. The number of nitrogens with zero attached hydrogens (tertiary/aromatic N) is 1.